The Kier molecular flexibility index (Phi) is 5.57. The Labute approximate surface area is 144 Å². The summed E-state index contributed by atoms with van der Waals surface area (Å²) in [6.07, 6.45) is 0. The lowest BCUT2D eigenvalue weighted by molar-refractivity contribution is -0.134. The molecule has 2 aromatic carbocycles. The molecule has 2 rings (SSSR count). The lowest BCUT2D eigenvalue weighted by Crippen LogP contribution is -2.34. The molecule has 0 aromatic heterocycles. The number of esters is 1. The molecule has 0 fully saturated rings. The summed E-state index contributed by atoms with van der Waals surface area (Å²) in [6, 6.07) is 13.8. The molecule has 0 N–H and O–H groups in total. The van der Waals surface area contributed by atoms with Gasteiger partial charge in [-0.2, -0.15) is 9.57 Å². The summed E-state index contributed by atoms with van der Waals surface area (Å²) in [5, 5.41) is 9.42. The predicted octanol–water partition coefficient (Wildman–Crippen LogP) is 2.44. The molecule has 0 saturated heterocycles. The number of nitrogens with zero attached hydrogens (tertiary/aromatic N) is 2. The van der Waals surface area contributed by atoms with Gasteiger partial charge in [0.15, 0.2) is 0 Å². The Morgan fingerprint density at radius 1 is 1.25 bits per heavy atom. The first kappa shape index (κ1) is 17.9. The Morgan fingerprint density at radius 3 is 2.62 bits per heavy atom. The number of ether oxygens (including phenoxy) is 1. The predicted molar refractivity (Wildman–Crippen MR) is 88.1 cm³/mol. The van der Waals surface area contributed by atoms with Gasteiger partial charge in [-0.25, -0.2) is 8.42 Å². The molecule has 0 spiro atoms. The van der Waals surface area contributed by atoms with E-state index in [0.29, 0.717) is 5.02 Å². The van der Waals surface area contributed by atoms with Crippen LogP contribution in [0.1, 0.15) is 5.56 Å². The molecule has 6 nitrogen and oxygen atoms in total. The molecule has 0 radical (unpaired) electrons. The topological polar surface area (TPSA) is 87.5 Å². The summed E-state index contributed by atoms with van der Waals surface area (Å²) in [5.41, 5.74) is 0.00700. The van der Waals surface area contributed by atoms with Gasteiger partial charge in [0, 0.05) is 12.1 Å². The van der Waals surface area contributed by atoms with Crippen molar-refractivity contribution in [1.29, 1.82) is 5.26 Å². The highest BCUT2D eigenvalue weighted by molar-refractivity contribution is 7.89. The van der Waals surface area contributed by atoms with E-state index < -0.39 is 22.5 Å². The van der Waals surface area contributed by atoms with Gasteiger partial charge in [-0.3, -0.25) is 4.79 Å². The summed E-state index contributed by atoms with van der Waals surface area (Å²) in [6.45, 7) is -0.505. The molecule has 0 aliphatic heterocycles. The highest BCUT2D eigenvalue weighted by Gasteiger charge is 2.26. The molecule has 0 aliphatic carbocycles. The van der Waals surface area contributed by atoms with Gasteiger partial charge in [-0.15, -0.1) is 0 Å². The second-order valence-electron chi connectivity index (χ2n) is 4.80. The van der Waals surface area contributed by atoms with E-state index in [0.717, 1.165) is 4.31 Å². The Balaban J connectivity index is 2.15. The van der Waals surface area contributed by atoms with Crippen LogP contribution in [0.5, 0.6) is 5.75 Å². The molecule has 24 heavy (non-hydrogen) atoms. The van der Waals surface area contributed by atoms with E-state index in [1.807, 2.05) is 6.07 Å². The van der Waals surface area contributed by atoms with Crippen LogP contribution in [-0.2, 0) is 14.8 Å². The maximum Gasteiger partial charge on any atom is 0.326 e. The maximum atomic E-state index is 12.5. The smallest absolute Gasteiger partial charge is 0.326 e. The van der Waals surface area contributed by atoms with Crippen molar-refractivity contribution in [2.75, 3.05) is 13.6 Å². The maximum absolute atomic E-state index is 12.5. The zero-order valence-corrected chi connectivity index (χ0v) is 14.2. The second-order valence-corrected chi connectivity index (χ2v) is 7.25. The summed E-state index contributed by atoms with van der Waals surface area (Å²) in [4.78, 5) is 11.8. The van der Waals surface area contributed by atoms with E-state index in [1.165, 1.54) is 37.4 Å². The van der Waals surface area contributed by atoms with E-state index in [1.54, 1.807) is 18.2 Å². The molecule has 124 valence electrons. The third-order valence-electron chi connectivity index (χ3n) is 3.08. The fourth-order valence-electron chi connectivity index (χ4n) is 1.91. The second kappa shape index (κ2) is 7.45. The lowest BCUT2D eigenvalue weighted by Gasteiger charge is -2.17. The van der Waals surface area contributed by atoms with Crippen LogP contribution in [0.4, 0.5) is 0 Å². The van der Waals surface area contributed by atoms with Crippen molar-refractivity contribution < 1.29 is 17.9 Å². The number of hydrogen-bond donors (Lipinski definition) is 0. The average molecular weight is 365 g/mol. The highest BCUT2D eigenvalue weighted by Crippen LogP contribution is 2.20. The van der Waals surface area contributed by atoms with Crippen molar-refractivity contribution in [3.05, 3.63) is 59.1 Å². The third-order valence-corrected chi connectivity index (χ3v) is 5.17. The van der Waals surface area contributed by atoms with Crippen molar-refractivity contribution in [3.63, 3.8) is 0 Å². The normalized spacial score (nSPS) is 11.1. The van der Waals surface area contributed by atoms with Crippen LogP contribution in [-0.4, -0.2) is 32.3 Å². The monoisotopic (exact) mass is 364 g/mol. The van der Waals surface area contributed by atoms with Crippen LogP contribution in [0.3, 0.4) is 0 Å². The Hall–Kier alpha value is -2.40. The molecule has 0 saturated carbocycles. The quantitative estimate of drug-likeness (QED) is 0.600. The summed E-state index contributed by atoms with van der Waals surface area (Å²) in [5.74, 6) is -0.548. The first-order valence-electron chi connectivity index (χ1n) is 6.76. The van der Waals surface area contributed by atoms with E-state index in [4.69, 9.17) is 21.6 Å². The molecule has 0 unspecified atom stereocenters. The van der Waals surface area contributed by atoms with Crippen molar-refractivity contribution in [2.24, 2.45) is 0 Å². The number of benzene rings is 2. The number of rotatable bonds is 5. The number of carbonyl (C=O) groups excluding carboxylic acids is 1. The number of halogens is 1. The number of likely N-dealkylation sites (N-methyl/N-ethyl adjacent to an activating group) is 1. The van der Waals surface area contributed by atoms with Crippen LogP contribution in [0.2, 0.25) is 5.02 Å². The van der Waals surface area contributed by atoms with Gasteiger partial charge >= 0.3 is 5.97 Å². The van der Waals surface area contributed by atoms with Crippen LogP contribution >= 0.6 is 11.6 Å². The van der Waals surface area contributed by atoms with Gasteiger partial charge in [0.25, 0.3) is 0 Å². The highest BCUT2D eigenvalue weighted by atomic mass is 35.5. The van der Waals surface area contributed by atoms with Gasteiger partial charge in [0.2, 0.25) is 10.0 Å². The molecule has 2 aromatic rings. The Morgan fingerprint density at radius 2 is 1.96 bits per heavy atom. The van der Waals surface area contributed by atoms with E-state index >= 15 is 0 Å². The van der Waals surface area contributed by atoms with Crippen LogP contribution in [0.25, 0.3) is 0 Å². The minimum absolute atomic E-state index is 0.00700. The summed E-state index contributed by atoms with van der Waals surface area (Å²) in [7, 11) is -2.75. The fraction of sp³-hybridized carbons (Fsp3) is 0.125. The molecule has 8 heteroatoms. The number of nitriles is 1. The number of carbonyl (C=O) groups is 1. The van der Waals surface area contributed by atoms with Gasteiger partial charge in [-0.1, -0.05) is 29.8 Å². The Bertz CT molecular complexity index is 906. The average Bonchev–Trinajstić information content (AvgIpc) is 2.54. The summed E-state index contributed by atoms with van der Waals surface area (Å²) >= 11 is 5.79. The SMILES string of the molecule is CN(CC(=O)Oc1cccc(Cl)c1)S(=O)(=O)c1ccccc1C#N. The first-order chi connectivity index (χ1) is 11.3. The van der Waals surface area contributed by atoms with Crippen molar-refractivity contribution in [3.8, 4) is 11.8 Å². The van der Waals surface area contributed by atoms with E-state index in [2.05, 4.69) is 0 Å². The van der Waals surface area contributed by atoms with Gasteiger partial charge in [0.1, 0.15) is 18.4 Å². The van der Waals surface area contributed by atoms with Crippen molar-refractivity contribution >= 4 is 27.6 Å². The third kappa shape index (κ3) is 4.11. The zero-order valence-electron chi connectivity index (χ0n) is 12.6. The van der Waals surface area contributed by atoms with Gasteiger partial charge in [-0.05, 0) is 30.3 Å². The molecule has 0 aliphatic rings. The van der Waals surface area contributed by atoms with E-state index in [-0.39, 0.29) is 16.2 Å². The lowest BCUT2D eigenvalue weighted by atomic mass is 10.2. The van der Waals surface area contributed by atoms with Crippen LogP contribution in [0, 0.1) is 11.3 Å². The largest absolute Gasteiger partial charge is 0.426 e. The number of hydrogen-bond acceptors (Lipinski definition) is 5. The molecule has 0 amide bonds. The zero-order chi connectivity index (χ0) is 17.7. The molecular formula is C16H13ClN2O4S. The minimum Gasteiger partial charge on any atom is -0.426 e. The minimum atomic E-state index is -3.99. The summed E-state index contributed by atoms with van der Waals surface area (Å²) < 4.78 is 30.9. The number of sulfonamides is 1. The first-order valence-corrected chi connectivity index (χ1v) is 8.58. The van der Waals surface area contributed by atoms with Crippen molar-refractivity contribution in [1.82, 2.24) is 4.31 Å². The fourth-order valence-corrected chi connectivity index (χ4v) is 3.35. The van der Waals surface area contributed by atoms with Crippen LogP contribution < -0.4 is 4.74 Å². The molecule has 0 bridgehead atoms. The van der Waals surface area contributed by atoms with E-state index in [9.17, 15) is 13.2 Å². The van der Waals surface area contributed by atoms with Gasteiger partial charge in [0.05, 0.1) is 10.5 Å². The molecule has 0 heterocycles. The van der Waals surface area contributed by atoms with Crippen molar-refractivity contribution in [2.45, 2.75) is 4.90 Å². The standard InChI is InChI=1S/C16H13ClN2O4S/c1-19(11-16(20)23-14-7-4-6-13(17)9-14)24(21,22)15-8-3-2-5-12(15)10-18/h2-9H,11H2,1H3. The van der Waals surface area contributed by atoms with Gasteiger partial charge < -0.3 is 4.74 Å². The molecular weight excluding hydrogens is 352 g/mol. The van der Waals surface area contributed by atoms with Crippen LogP contribution in [0.15, 0.2) is 53.4 Å². The molecule has 0 atom stereocenters.